The Kier molecular flexibility index (Phi) is 6.67. The lowest BCUT2D eigenvalue weighted by atomic mass is 10.0. The number of amides is 1. The number of nitrogens with one attached hydrogen (secondary N) is 1. The monoisotopic (exact) mass is 461 g/mol. The van der Waals surface area contributed by atoms with Crippen LogP contribution in [0.15, 0.2) is 42.7 Å². The van der Waals surface area contributed by atoms with Gasteiger partial charge in [-0.1, -0.05) is 35.3 Å². The summed E-state index contributed by atoms with van der Waals surface area (Å²) in [6.45, 7) is 5.12. The van der Waals surface area contributed by atoms with E-state index in [0.29, 0.717) is 26.8 Å². The van der Waals surface area contributed by atoms with Crippen molar-refractivity contribution in [1.82, 2.24) is 15.3 Å². The molecular formula is C22H21Cl2N3O4. The van der Waals surface area contributed by atoms with Crippen molar-refractivity contribution in [3.8, 4) is 11.3 Å². The Hall–Kier alpha value is -2.90. The van der Waals surface area contributed by atoms with Gasteiger partial charge in [0.05, 0.1) is 21.3 Å². The quantitative estimate of drug-likeness (QED) is 0.546. The van der Waals surface area contributed by atoms with Gasteiger partial charge in [0.2, 0.25) is 0 Å². The van der Waals surface area contributed by atoms with Gasteiger partial charge in [-0.15, -0.1) is 0 Å². The molecule has 9 heteroatoms. The normalized spacial score (nSPS) is 12.4. The molecule has 1 atom stereocenters. The van der Waals surface area contributed by atoms with Crippen LogP contribution in [0.4, 0.5) is 4.79 Å². The Morgan fingerprint density at radius 2 is 1.81 bits per heavy atom. The highest BCUT2D eigenvalue weighted by atomic mass is 35.5. The van der Waals surface area contributed by atoms with Crippen molar-refractivity contribution in [2.75, 3.05) is 0 Å². The van der Waals surface area contributed by atoms with Crippen molar-refractivity contribution < 1.29 is 19.4 Å². The molecule has 1 aromatic carbocycles. The maximum atomic E-state index is 12.0. The standard InChI is InChI=1S/C22H21Cl2N3O4/c1-22(2,3)31-21(30)27-18(20(28)29)9-12-4-6-16-13(8-12)5-7-17(26-16)19-14(23)10-25-11-15(19)24/h4-8,10-11,18H,9H2,1-3H3,(H,27,30)(H,28,29)/t18-/m0/s1. The first kappa shape index (κ1) is 22.8. The lowest BCUT2D eigenvalue weighted by molar-refractivity contribution is -0.139. The fourth-order valence-corrected chi connectivity index (χ4v) is 3.54. The van der Waals surface area contributed by atoms with Gasteiger partial charge in [-0.3, -0.25) is 4.98 Å². The summed E-state index contributed by atoms with van der Waals surface area (Å²) >= 11 is 12.4. The molecule has 0 bridgehead atoms. The van der Waals surface area contributed by atoms with Crippen LogP contribution in [0.2, 0.25) is 10.0 Å². The predicted octanol–water partition coefficient (Wildman–Crippen LogP) is 5.12. The third-order valence-electron chi connectivity index (χ3n) is 4.29. The van der Waals surface area contributed by atoms with Crippen molar-refractivity contribution in [2.45, 2.75) is 38.8 Å². The summed E-state index contributed by atoms with van der Waals surface area (Å²) in [6.07, 6.45) is 2.31. The molecule has 0 saturated heterocycles. The van der Waals surface area contributed by atoms with Gasteiger partial charge in [0.25, 0.3) is 0 Å². The molecule has 7 nitrogen and oxygen atoms in total. The number of carbonyl (C=O) groups excluding carboxylic acids is 1. The molecule has 2 heterocycles. The first-order valence-electron chi connectivity index (χ1n) is 9.45. The highest BCUT2D eigenvalue weighted by molar-refractivity contribution is 6.38. The van der Waals surface area contributed by atoms with Crippen LogP contribution in [0.5, 0.6) is 0 Å². The minimum Gasteiger partial charge on any atom is -0.480 e. The fourth-order valence-electron chi connectivity index (χ4n) is 2.98. The van der Waals surface area contributed by atoms with E-state index in [9.17, 15) is 14.7 Å². The van der Waals surface area contributed by atoms with E-state index in [-0.39, 0.29) is 6.42 Å². The van der Waals surface area contributed by atoms with Crippen molar-refractivity contribution in [1.29, 1.82) is 0 Å². The number of nitrogens with zero attached hydrogens (tertiary/aromatic N) is 2. The second-order valence-corrected chi connectivity index (χ2v) is 8.76. The average Bonchev–Trinajstić information content (AvgIpc) is 2.65. The number of hydrogen-bond acceptors (Lipinski definition) is 5. The number of aromatic nitrogens is 2. The number of alkyl carbamates (subject to hydrolysis) is 1. The van der Waals surface area contributed by atoms with Gasteiger partial charge in [-0.2, -0.15) is 0 Å². The van der Waals surface area contributed by atoms with Crippen molar-refractivity contribution in [3.63, 3.8) is 0 Å². The third kappa shape index (κ3) is 5.83. The molecule has 0 spiro atoms. The first-order chi connectivity index (χ1) is 14.5. The van der Waals surface area contributed by atoms with E-state index in [4.69, 9.17) is 27.9 Å². The summed E-state index contributed by atoms with van der Waals surface area (Å²) in [5.74, 6) is -1.15. The molecule has 0 fully saturated rings. The second-order valence-electron chi connectivity index (χ2n) is 7.94. The Bertz CT molecular complexity index is 1130. The molecule has 3 aromatic rings. The van der Waals surface area contributed by atoms with Gasteiger partial charge in [0.1, 0.15) is 11.6 Å². The van der Waals surface area contributed by atoms with Crippen molar-refractivity contribution >= 4 is 46.2 Å². The molecule has 0 aliphatic rings. The molecule has 0 saturated carbocycles. The van der Waals surface area contributed by atoms with E-state index < -0.39 is 23.7 Å². The first-order valence-corrected chi connectivity index (χ1v) is 10.2. The number of carbonyl (C=O) groups is 2. The maximum absolute atomic E-state index is 12.0. The van der Waals surface area contributed by atoms with E-state index in [0.717, 1.165) is 10.9 Å². The van der Waals surface area contributed by atoms with E-state index in [1.807, 2.05) is 12.1 Å². The summed E-state index contributed by atoms with van der Waals surface area (Å²) in [4.78, 5) is 32.1. The molecule has 0 radical (unpaired) electrons. The fraction of sp³-hybridized carbons (Fsp3) is 0.273. The number of ether oxygens (including phenoxy) is 1. The molecule has 162 valence electrons. The number of benzene rings is 1. The van der Waals surface area contributed by atoms with Gasteiger partial charge < -0.3 is 15.2 Å². The topological polar surface area (TPSA) is 101 Å². The molecule has 2 N–H and O–H groups in total. The summed E-state index contributed by atoms with van der Waals surface area (Å²) in [7, 11) is 0. The van der Waals surface area contributed by atoms with Gasteiger partial charge >= 0.3 is 12.1 Å². The summed E-state index contributed by atoms with van der Waals surface area (Å²) < 4.78 is 5.15. The summed E-state index contributed by atoms with van der Waals surface area (Å²) in [5.41, 5.74) is 1.90. The SMILES string of the molecule is CC(C)(C)OC(=O)N[C@@H](Cc1ccc2nc(-c3c(Cl)cncc3Cl)ccc2c1)C(=O)O. The van der Waals surface area contributed by atoms with Crippen LogP contribution in [0, 0.1) is 0 Å². The smallest absolute Gasteiger partial charge is 0.408 e. The molecule has 0 aliphatic carbocycles. The zero-order chi connectivity index (χ0) is 22.8. The van der Waals surface area contributed by atoms with Crippen LogP contribution in [-0.2, 0) is 16.0 Å². The Balaban J connectivity index is 1.83. The zero-order valence-electron chi connectivity index (χ0n) is 17.1. The Labute approximate surface area is 189 Å². The number of aliphatic carboxylic acids is 1. The summed E-state index contributed by atoms with van der Waals surface area (Å²) in [6, 6.07) is 7.88. The molecule has 31 heavy (non-hydrogen) atoms. The zero-order valence-corrected chi connectivity index (χ0v) is 18.7. The number of halogens is 2. The van der Waals surface area contributed by atoms with Gasteiger partial charge in [0.15, 0.2) is 0 Å². The number of carboxylic acids is 1. The van der Waals surface area contributed by atoms with Crippen LogP contribution in [0.25, 0.3) is 22.2 Å². The number of carboxylic acid groups (broad SMARTS) is 1. The molecule has 2 aromatic heterocycles. The molecule has 0 unspecified atom stereocenters. The molecular weight excluding hydrogens is 441 g/mol. The predicted molar refractivity (Wildman–Crippen MR) is 119 cm³/mol. The van der Waals surface area contributed by atoms with Crippen LogP contribution in [0.3, 0.4) is 0 Å². The van der Waals surface area contributed by atoms with Gasteiger partial charge in [0, 0.05) is 29.8 Å². The lowest BCUT2D eigenvalue weighted by Crippen LogP contribution is -2.44. The molecule has 3 rings (SSSR count). The van der Waals surface area contributed by atoms with E-state index in [1.54, 1.807) is 39.0 Å². The van der Waals surface area contributed by atoms with Gasteiger partial charge in [-0.05, 0) is 44.5 Å². The minimum atomic E-state index is -1.15. The van der Waals surface area contributed by atoms with Crippen molar-refractivity contribution in [2.24, 2.45) is 0 Å². The van der Waals surface area contributed by atoms with Crippen LogP contribution in [-0.4, -0.2) is 38.8 Å². The minimum absolute atomic E-state index is 0.0915. The highest BCUT2D eigenvalue weighted by Crippen LogP contribution is 2.33. The van der Waals surface area contributed by atoms with E-state index in [2.05, 4.69) is 15.3 Å². The Morgan fingerprint density at radius 3 is 2.42 bits per heavy atom. The molecule has 0 aliphatic heterocycles. The lowest BCUT2D eigenvalue weighted by Gasteiger charge is -2.22. The van der Waals surface area contributed by atoms with Gasteiger partial charge in [-0.25, -0.2) is 14.6 Å². The number of pyridine rings is 2. The largest absolute Gasteiger partial charge is 0.480 e. The van der Waals surface area contributed by atoms with Crippen LogP contribution < -0.4 is 5.32 Å². The molecule has 1 amide bonds. The number of rotatable bonds is 5. The Morgan fingerprint density at radius 1 is 1.13 bits per heavy atom. The third-order valence-corrected chi connectivity index (χ3v) is 4.87. The van der Waals surface area contributed by atoms with Crippen molar-refractivity contribution in [3.05, 3.63) is 58.3 Å². The maximum Gasteiger partial charge on any atom is 0.408 e. The number of fused-ring (bicyclic) bond motifs is 1. The van der Waals surface area contributed by atoms with E-state index >= 15 is 0 Å². The summed E-state index contributed by atoms with van der Waals surface area (Å²) in [5, 5.41) is 13.5. The second kappa shape index (κ2) is 9.08. The number of hydrogen-bond donors (Lipinski definition) is 2. The van der Waals surface area contributed by atoms with Crippen LogP contribution in [0.1, 0.15) is 26.3 Å². The average molecular weight is 462 g/mol. The van der Waals surface area contributed by atoms with Crippen LogP contribution >= 0.6 is 23.2 Å². The highest BCUT2D eigenvalue weighted by Gasteiger charge is 2.24. The van der Waals surface area contributed by atoms with E-state index in [1.165, 1.54) is 12.4 Å².